The number of para-hydroxylation sites is 2. The first-order chi connectivity index (χ1) is 23.3. The molecule has 2 aliphatic rings. The van der Waals surface area contributed by atoms with E-state index in [1.54, 1.807) is 26.9 Å². The second-order valence-corrected chi connectivity index (χ2v) is 14.3. The number of hydrogen-bond donors (Lipinski definition) is 0. The van der Waals surface area contributed by atoms with E-state index in [-0.39, 0.29) is 24.4 Å². The maximum atomic E-state index is 12.4. The summed E-state index contributed by atoms with van der Waals surface area (Å²) in [6, 6.07) is 11.8. The molecule has 4 heterocycles. The maximum Gasteiger partial charge on any atom is 0.323 e. The van der Waals surface area contributed by atoms with E-state index in [4.69, 9.17) is 28.0 Å². The topological polar surface area (TPSA) is 130 Å². The minimum Gasteiger partial charge on any atom is -0.494 e. The first-order valence-electron chi connectivity index (χ1n) is 16.3. The van der Waals surface area contributed by atoms with Gasteiger partial charge in [-0.2, -0.15) is 0 Å². The number of piperidine rings is 2. The molecule has 0 N–H and O–H groups in total. The van der Waals surface area contributed by atoms with Gasteiger partial charge in [-0.1, -0.05) is 26.0 Å². The summed E-state index contributed by atoms with van der Waals surface area (Å²) < 4.78 is 45.9. The van der Waals surface area contributed by atoms with Crippen LogP contribution in [0.4, 0.5) is 11.6 Å². The molecule has 0 radical (unpaired) electrons. The first kappa shape index (κ1) is 34.3. The van der Waals surface area contributed by atoms with Crippen LogP contribution in [0.5, 0.6) is 11.5 Å². The van der Waals surface area contributed by atoms with Crippen molar-refractivity contribution in [3.8, 4) is 11.5 Å². The van der Waals surface area contributed by atoms with Crippen molar-refractivity contribution in [2.75, 3.05) is 77.0 Å². The SMILES string of the molecule is COc1cccc2c(N3CCC[C@@](C)(COCO[PH](=O)OCOC[C@]4(C)CCCN(c5ncnc6c(OC)cccc56)C4)C3)ncnc12. The Morgan fingerprint density at radius 2 is 1.17 bits per heavy atom. The van der Waals surface area contributed by atoms with Crippen LogP contribution in [-0.4, -0.2) is 87.1 Å². The molecular formula is C34H45N6O7P. The van der Waals surface area contributed by atoms with Crippen molar-refractivity contribution in [1.29, 1.82) is 0 Å². The van der Waals surface area contributed by atoms with Crippen LogP contribution in [0.1, 0.15) is 39.5 Å². The molecule has 4 aromatic rings. The number of ether oxygens (including phenoxy) is 4. The number of rotatable bonds is 14. The number of benzene rings is 2. The number of anilines is 2. The van der Waals surface area contributed by atoms with Gasteiger partial charge in [-0.3, -0.25) is 13.6 Å². The molecule has 2 fully saturated rings. The lowest BCUT2D eigenvalue weighted by Crippen LogP contribution is -2.44. The van der Waals surface area contributed by atoms with Crippen LogP contribution in [-0.2, 0) is 23.1 Å². The van der Waals surface area contributed by atoms with Crippen molar-refractivity contribution in [2.24, 2.45) is 10.8 Å². The van der Waals surface area contributed by atoms with E-state index in [9.17, 15) is 4.57 Å². The fraction of sp³-hybridized carbons (Fsp3) is 0.529. The molecule has 2 aliphatic heterocycles. The van der Waals surface area contributed by atoms with E-state index >= 15 is 0 Å². The lowest BCUT2D eigenvalue weighted by molar-refractivity contribution is -0.0545. The smallest absolute Gasteiger partial charge is 0.323 e. The minimum atomic E-state index is -2.78. The van der Waals surface area contributed by atoms with E-state index in [1.165, 1.54) is 0 Å². The van der Waals surface area contributed by atoms with Crippen LogP contribution in [0.25, 0.3) is 21.8 Å². The van der Waals surface area contributed by atoms with Crippen molar-refractivity contribution < 1.29 is 32.6 Å². The molecule has 0 amide bonds. The Bertz CT molecular complexity index is 1610. The fourth-order valence-corrected chi connectivity index (χ4v) is 7.40. The van der Waals surface area contributed by atoms with E-state index in [1.807, 2.05) is 36.4 Å². The van der Waals surface area contributed by atoms with E-state index in [0.29, 0.717) is 13.2 Å². The number of aromatic nitrogens is 4. The minimum absolute atomic E-state index is 0.120. The predicted molar refractivity (Wildman–Crippen MR) is 184 cm³/mol. The summed E-state index contributed by atoms with van der Waals surface area (Å²) >= 11 is 0. The zero-order chi connectivity index (χ0) is 33.6. The average molecular weight is 681 g/mol. The maximum absolute atomic E-state index is 12.4. The molecule has 0 aliphatic carbocycles. The molecule has 0 unspecified atom stereocenters. The van der Waals surface area contributed by atoms with Crippen LogP contribution in [0.2, 0.25) is 0 Å². The standard InChI is InChI=1S/C34H45N6O7P/c1-33(13-7-15-39(17-33)31-25-9-5-11-27(42-3)29(25)35-21-37-31)19-44-23-46-48(41)47-24-45-20-34(2)14-8-16-40(18-34)32-26-10-6-12-28(43-4)30(26)36-22-38-32/h5-6,9-12,21-22,48H,7-8,13-20,23-24H2,1-4H3/t33-,34-/m1/s1. The largest absolute Gasteiger partial charge is 0.494 e. The van der Waals surface area contributed by atoms with Crippen molar-refractivity contribution in [2.45, 2.75) is 39.5 Å². The second kappa shape index (κ2) is 15.3. The van der Waals surface area contributed by atoms with Gasteiger partial charge in [0.2, 0.25) is 0 Å². The Morgan fingerprint density at radius 1 is 0.708 bits per heavy atom. The number of nitrogens with zero attached hydrogens (tertiary/aromatic N) is 6. The number of methoxy groups -OCH3 is 2. The van der Waals surface area contributed by atoms with E-state index in [0.717, 1.165) is 96.8 Å². The highest BCUT2D eigenvalue weighted by atomic mass is 31.1. The summed E-state index contributed by atoms with van der Waals surface area (Å²) in [4.78, 5) is 22.7. The third-order valence-electron chi connectivity index (χ3n) is 9.24. The average Bonchev–Trinajstić information content (AvgIpc) is 3.11. The van der Waals surface area contributed by atoms with Crippen LogP contribution >= 0.6 is 8.25 Å². The Labute approximate surface area is 281 Å². The molecule has 0 spiro atoms. The molecule has 6 rings (SSSR count). The summed E-state index contributed by atoms with van der Waals surface area (Å²) in [5.41, 5.74) is 1.32. The lowest BCUT2D eigenvalue weighted by atomic mass is 9.82. The summed E-state index contributed by atoms with van der Waals surface area (Å²) in [5, 5.41) is 1.91. The van der Waals surface area contributed by atoms with Gasteiger partial charge in [0, 0.05) is 47.8 Å². The normalized spacial score (nSPS) is 21.7. The molecule has 0 saturated carbocycles. The second-order valence-electron chi connectivity index (χ2n) is 13.3. The van der Waals surface area contributed by atoms with Crippen molar-refractivity contribution in [3.05, 3.63) is 49.1 Å². The molecular weight excluding hydrogens is 635 g/mol. The summed E-state index contributed by atoms with van der Waals surface area (Å²) in [6.07, 6.45) is 7.15. The van der Waals surface area contributed by atoms with Crippen LogP contribution in [0, 0.1) is 10.8 Å². The van der Waals surface area contributed by atoms with Gasteiger partial charge in [0.05, 0.1) is 27.4 Å². The molecule has 48 heavy (non-hydrogen) atoms. The van der Waals surface area contributed by atoms with Crippen molar-refractivity contribution in [1.82, 2.24) is 19.9 Å². The van der Waals surface area contributed by atoms with E-state index < -0.39 is 8.25 Å². The third-order valence-corrected chi connectivity index (χ3v) is 9.94. The molecule has 0 bridgehead atoms. The highest BCUT2D eigenvalue weighted by Crippen LogP contribution is 2.38. The summed E-state index contributed by atoms with van der Waals surface area (Å²) in [6.45, 7) is 8.33. The van der Waals surface area contributed by atoms with Crippen LogP contribution < -0.4 is 19.3 Å². The van der Waals surface area contributed by atoms with Gasteiger partial charge in [0.15, 0.2) is 13.6 Å². The van der Waals surface area contributed by atoms with Crippen LogP contribution in [0.3, 0.4) is 0 Å². The quantitative estimate of drug-likeness (QED) is 0.0894. The monoisotopic (exact) mass is 680 g/mol. The Hall–Kier alpha value is -3.61. The van der Waals surface area contributed by atoms with Gasteiger partial charge in [-0.05, 0) is 49.9 Å². The highest BCUT2D eigenvalue weighted by molar-refractivity contribution is 7.33. The fourth-order valence-electron chi connectivity index (χ4n) is 6.95. The molecule has 2 aromatic carbocycles. The van der Waals surface area contributed by atoms with Crippen molar-refractivity contribution >= 4 is 41.7 Å². The number of hydrogen-bond acceptors (Lipinski definition) is 13. The molecule has 2 atom stereocenters. The summed E-state index contributed by atoms with van der Waals surface area (Å²) in [7, 11) is 0.514. The van der Waals surface area contributed by atoms with Gasteiger partial charge in [-0.25, -0.2) is 19.9 Å². The molecule has 2 aromatic heterocycles. The molecule has 258 valence electrons. The zero-order valence-corrected chi connectivity index (χ0v) is 29.1. The molecule has 2 saturated heterocycles. The Kier molecular flexibility index (Phi) is 10.9. The number of fused-ring (bicyclic) bond motifs is 2. The molecule has 13 nitrogen and oxygen atoms in total. The lowest BCUT2D eigenvalue weighted by Gasteiger charge is -2.41. The molecule has 14 heteroatoms. The zero-order valence-electron chi connectivity index (χ0n) is 28.1. The van der Waals surface area contributed by atoms with Crippen molar-refractivity contribution in [3.63, 3.8) is 0 Å². The first-order valence-corrected chi connectivity index (χ1v) is 17.5. The van der Waals surface area contributed by atoms with Crippen LogP contribution in [0.15, 0.2) is 49.1 Å². The summed E-state index contributed by atoms with van der Waals surface area (Å²) in [5.74, 6) is 3.22. The Morgan fingerprint density at radius 3 is 1.60 bits per heavy atom. The van der Waals surface area contributed by atoms with Gasteiger partial charge in [0.1, 0.15) is 46.8 Å². The third kappa shape index (κ3) is 7.82. The van der Waals surface area contributed by atoms with Gasteiger partial charge in [0.25, 0.3) is 0 Å². The van der Waals surface area contributed by atoms with Gasteiger partial charge >= 0.3 is 8.25 Å². The van der Waals surface area contributed by atoms with Gasteiger partial charge < -0.3 is 28.7 Å². The van der Waals surface area contributed by atoms with E-state index in [2.05, 4.69) is 43.6 Å². The predicted octanol–water partition coefficient (Wildman–Crippen LogP) is 5.87. The highest BCUT2D eigenvalue weighted by Gasteiger charge is 2.34. The van der Waals surface area contributed by atoms with Gasteiger partial charge in [-0.15, -0.1) is 0 Å². The Balaban J connectivity index is 0.930.